The van der Waals surface area contributed by atoms with Gasteiger partial charge in [-0.3, -0.25) is 35.3 Å². The predicted molar refractivity (Wildman–Crippen MR) is 139 cm³/mol. The number of halogens is 3. The van der Waals surface area contributed by atoms with E-state index in [9.17, 15) is 24.5 Å². The standard InChI is InChI=1S/C23H13Cl3N4O5S/c24-12-3-7-15(17(25)9-12)22(32)27-13-4-1-11(2-5-13)21(31)28-29-23(33)20-19(26)16-8-6-14(30(34)35)10-18(16)36-20/h1-10H,(H,27,32)(H,28,31)(H,29,33). The zero-order chi connectivity index (χ0) is 26.0. The summed E-state index contributed by atoms with van der Waals surface area (Å²) < 4.78 is 0.461. The van der Waals surface area contributed by atoms with E-state index in [2.05, 4.69) is 16.2 Å². The van der Waals surface area contributed by atoms with Crippen molar-refractivity contribution in [2.75, 3.05) is 5.32 Å². The van der Waals surface area contributed by atoms with Crippen molar-refractivity contribution < 1.29 is 19.3 Å². The summed E-state index contributed by atoms with van der Waals surface area (Å²) in [5, 5.41) is 14.8. The van der Waals surface area contributed by atoms with Crippen LogP contribution in [0.3, 0.4) is 0 Å². The van der Waals surface area contributed by atoms with Crippen LogP contribution in [0.5, 0.6) is 0 Å². The second-order valence-corrected chi connectivity index (χ2v) is 9.52. The summed E-state index contributed by atoms with van der Waals surface area (Å²) in [5.74, 6) is -1.75. The first-order valence-electron chi connectivity index (χ1n) is 9.97. The summed E-state index contributed by atoms with van der Waals surface area (Å²) in [6, 6.07) is 14.5. The monoisotopic (exact) mass is 562 g/mol. The fraction of sp³-hybridized carbons (Fsp3) is 0. The molecule has 3 N–H and O–H groups in total. The molecule has 9 nitrogen and oxygen atoms in total. The van der Waals surface area contributed by atoms with Crippen LogP contribution in [-0.4, -0.2) is 22.6 Å². The molecule has 0 radical (unpaired) electrons. The molecular weight excluding hydrogens is 551 g/mol. The van der Waals surface area contributed by atoms with Crippen molar-refractivity contribution in [1.29, 1.82) is 0 Å². The number of amides is 3. The molecule has 0 fully saturated rings. The molecule has 0 atom stereocenters. The summed E-state index contributed by atoms with van der Waals surface area (Å²) in [5.41, 5.74) is 5.28. The molecule has 0 aliphatic rings. The molecule has 4 rings (SSSR count). The lowest BCUT2D eigenvalue weighted by atomic mass is 10.1. The summed E-state index contributed by atoms with van der Waals surface area (Å²) >= 11 is 19.1. The van der Waals surface area contributed by atoms with E-state index in [-0.39, 0.29) is 31.7 Å². The number of carbonyl (C=O) groups excluding carboxylic acids is 3. The number of rotatable bonds is 5. The first-order valence-corrected chi connectivity index (χ1v) is 11.9. The molecule has 3 amide bonds. The van der Waals surface area contributed by atoms with Gasteiger partial charge in [-0.15, -0.1) is 11.3 Å². The summed E-state index contributed by atoms with van der Waals surface area (Å²) in [4.78, 5) is 47.9. The number of nitro benzene ring substituents is 1. The Hall–Kier alpha value is -3.70. The highest BCUT2D eigenvalue weighted by Gasteiger charge is 2.20. The first-order chi connectivity index (χ1) is 17.1. The Bertz CT molecular complexity index is 1540. The Balaban J connectivity index is 1.39. The smallest absolute Gasteiger partial charge is 0.281 e. The van der Waals surface area contributed by atoms with Crippen molar-refractivity contribution >= 4 is 85.3 Å². The number of thiophene rings is 1. The average molecular weight is 564 g/mol. The maximum atomic E-state index is 12.5. The number of hydrogen-bond donors (Lipinski definition) is 3. The van der Waals surface area contributed by atoms with Crippen molar-refractivity contribution in [3.05, 3.63) is 102 Å². The molecule has 0 saturated carbocycles. The van der Waals surface area contributed by atoms with Crippen molar-refractivity contribution in [2.24, 2.45) is 0 Å². The highest BCUT2D eigenvalue weighted by Crippen LogP contribution is 2.37. The van der Waals surface area contributed by atoms with Crippen LogP contribution in [0, 0.1) is 10.1 Å². The molecule has 0 bridgehead atoms. The van der Waals surface area contributed by atoms with Gasteiger partial charge in [-0.25, -0.2) is 0 Å². The zero-order valence-electron chi connectivity index (χ0n) is 17.8. The van der Waals surface area contributed by atoms with Gasteiger partial charge in [-0.05, 0) is 48.5 Å². The van der Waals surface area contributed by atoms with E-state index in [1.165, 1.54) is 54.6 Å². The van der Waals surface area contributed by atoms with Gasteiger partial charge >= 0.3 is 0 Å². The van der Waals surface area contributed by atoms with Crippen LogP contribution >= 0.6 is 46.1 Å². The molecule has 36 heavy (non-hydrogen) atoms. The van der Waals surface area contributed by atoms with E-state index in [0.29, 0.717) is 20.8 Å². The minimum Gasteiger partial charge on any atom is -0.322 e. The molecule has 13 heteroatoms. The first kappa shape index (κ1) is 25.4. The topological polar surface area (TPSA) is 130 Å². The summed E-state index contributed by atoms with van der Waals surface area (Å²) in [7, 11) is 0. The number of hydrogen-bond acceptors (Lipinski definition) is 6. The third kappa shape index (κ3) is 5.42. The quantitative estimate of drug-likeness (QED) is 0.200. The Morgan fingerprint density at radius 2 is 1.53 bits per heavy atom. The van der Waals surface area contributed by atoms with E-state index in [1.807, 2.05) is 0 Å². The van der Waals surface area contributed by atoms with Crippen molar-refractivity contribution in [2.45, 2.75) is 0 Å². The third-order valence-electron chi connectivity index (χ3n) is 4.90. The average Bonchev–Trinajstić information content (AvgIpc) is 3.18. The van der Waals surface area contributed by atoms with Crippen LogP contribution in [0.2, 0.25) is 15.1 Å². The number of anilines is 1. The number of hydrazine groups is 1. The van der Waals surface area contributed by atoms with Gasteiger partial charge in [0.15, 0.2) is 0 Å². The van der Waals surface area contributed by atoms with E-state index < -0.39 is 22.6 Å². The van der Waals surface area contributed by atoms with Crippen LogP contribution in [0.4, 0.5) is 11.4 Å². The molecule has 0 aliphatic heterocycles. The van der Waals surface area contributed by atoms with E-state index in [1.54, 1.807) is 6.07 Å². The molecule has 3 aromatic carbocycles. The van der Waals surface area contributed by atoms with Crippen LogP contribution in [0.1, 0.15) is 30.4 Å². The molecule has 0 unspecified atom stereocenters. The van der Waals surface area contributed by atoms with E-state index in [0.717, 1.165) is 11.3 Å². The van der Waals surface area contributed by atoms with Gasteiger partial charge in [0.25, 0.3) is 23.4 Å². The highest BCUT2D eigenvalue weighted by atomic mass is 35.5. The Labute approximate surface area is 222 Å². The molecule has 182 valence electrons. The molecular formula is C23H13Cl3N4O5S. The normalized spacial score (nSPS) is 10.6. The minimum atomic E-state index is -0.680. The zero-order valence-corrected chi connectivity index (χ0v) is 20.9. The highest BCUT2D eigenvalue weighted by molar-refractivity contribution is 7.21. The summed E-state index contributed by atoms with van der Waals surface area (Å²) in [6.07, 6.45) is 0. The van der Waals surface area contributed by atoms with Gasteiger partial charge in [0, 0.05) is 38.5 Å². The van der Waals surface area contributed by atoms with Gasteiger partial charge in [0.1, 0.15) is 4.88 Å². The molecule has 1 heterocycles. The second-order valence-electron chi connectivity index (χ2n) is 7.25. The number of benzene rings is 3. The molecule has 0 saturated heterocycles. The van der Waals surface area contributed by atoms with E-state index in [4.69, 9.17) is 34.8 Å². The Kier molecular flexibility index (Phi) is 7.41. The number of non-ortho nitro benzene ring substituents is 1. The number of fused-ring (bicyclic) bond motifs is 1. The van der Waals surface area contributed by atoms with Crippen molar-refractivity contribution in [1.82, 2.24) is 10.9 Å². The van der Waals surface area contributed by atoms with Gasteiger partial charge in [-0.2, -0.15) is 0 Å². The van der Waals surface area contributed by atoms with Crippen LogP contribution < -0.4 is 16.2 Å². The fourth-order valence-electron chi connectivity index (χ4n) is 3.13. The van der Waals surface area contributed by atoms with Gasteiger partial charge in [-0.1, -0.05) is 34.8 Å². The molecule has 0 spiro atoms. The fourth-order valence-corrected chi connectivity index (χ4v) is 5.07. The molecule has 4 aromatic rings. The maximum Gasteiger partial charge on any atom is 0.281 e. The number of nitrogens with zero attached hydrogens (tertiary/aromatic N) is 1. The predicted octanol–water partition coefficient (Wildman–Crippen LogP) is 6.10. The Morgan fingerprint density at radius 3 is 2.19 bits per heavy atom. The van der Waals surface area contributed by atoms with Crippen LogP contribution in [0.25, 0.3) is 10.1 Å². The molecule has 0 aliphatic carbocycles. The van der Waals surface area contributed by atoms with Gasteiger partial charge in [0.05, 0.1) is 20.5 Å². The lowest BCUT2D eigenvalue weighted by molar-refractivity contribution is -0.384. The minimum absolute atomic E-state index is 0.0892. The van der Waals surface area contributed by atoms with Crippen LogP contribution in [0.15, 0.2) is 60.7 Å². The third-order valence-corrected chi connectivity index (χ3v) is 7.10. The van der Waals surface area contributed by atoms with Crippen molar-refractivity contribution in [3.8, 4) is 0 Å². The Morgan fingerprint density at radius 1 is 0.833 bits per heavy atom. The van der Waals surface area contributed by atoms with E-state index >= 15 is 0 Å². The SMILES string of the molecule is O=C(NNC(=O)c1sc2cc([N+](=O)[O-])ccc2c1Cl)c1ccc(NC(=O)c2ccc(Cl)cc2Cl)cc1. The number of nitro groups is 1. The lowest BCUT2D eigenvalue weighted by Crippen LogP contribution is -2.41. The van der Waals surface area contributed by atoms with Gasteiger partial charge in [0.2, 0.25) is 0 Å². The number of carbonyl (C=O) groups is 3. The summed E-state index contributed by atoms with van der Waals surface area (Å²) in [6.45, 7) is 0. The maximum absolute atomic E-state index is 12.5. The van der Waals surface area contributed by atoms with Gasteiger partial charge < -0.3 is 5.32 Å². The number of nitrogens with one attached hydrogen (secondary N) is 3. The van der Waals surface area contributed by atoms with Crippen LogP contribution in [-0.2, 0) is 0 Å². The lowest BCUT2D eigenvalue weighted by Gasteiger charge is -2.09. The second kappa shape index (κ2) is 10.5. The largest absolute Gasteiger partial charge is 0.322 e. The van der Waals surface area contributed by atoms with Crippen molar-refractivity contribution in [3.63, 3.8) is 0 Å². The molecule has 1 aromatic heterocycles.